The number of halogens is 4. The van der Waals surface area contributed by atoms with Gasteiger partial charge in [0.25, 0.3) is 5.82 Å². The highest BCUT2D eigenvalue weighted by Crippen LogP contribution is 2.33. The monoisotopic (exact) mass is 300 g/mol. The molecule has 2 heterocycles. The van der Waals surface area contributed by atoms with Crippen molar-refractivity contribution in [2.24, 2.45) is 0 Å². The van der Waals surface area contributed by atoms with Gasteiger partial charge in [-0.05, 0) is 30.5 Å². The quantitative estimate of drug-likeness (QED) is 0.823. The van der Waals surface area contributed by atoms with Crippen LogP contribution in [-0.2, 0) is 6.18 Å². The van der Waals surface area contributed by atoms with E-state index in [1.165, 1.54) is 10.7 Å². The van der Waals surface area contributed by atoms with Crippen molar-refractivity contribution in [2.75, 3.05) is 11.9 Å². The SMILES string of the molecule is Cc1ccc(C2CCNc3nc(C(F)(F)F)nn32)cc1F. The first kappa shape index (κ1) is 13.8. The smallest absolute Gasteiger partial charge is 0.354 e. The van der Waals surface area contributed by atoms with Crippen LogP contribution in [0.25, 0.3) is 0 Å². The van der Waals surface area contributed by atoms with Gasteiger partial charge in [-0.25, -0.2) is 9.07 Å². The maximum absolute atomic E-state index is 13.7. The summed E-state index contributed by atoms with van der Waals surface area (Å²) in [5.74, 6) is -1.52. The van der Waals surface area contributed by atoms with Gasteiger partial charge in [0.05, 0.1) is 6.04 Å². The number of nitrogens with zero attached hydrogens (tertiary/aromatic N) is 3. The lowest BCUT2D eigenvalue weighted by atomic mass is 10.0. The van der Waals surface area contributed by atoms with Crippen molar-refractivity contribution in [3.63, 3.8) is 0 Å². The second-order valence-corrected chi connectivity index (χ2v) is 4.94. The fourth-order valence-corrected chi connectivity index (χ4v) is 2.35. The number of anilines is 1. The van der Waals surface area contributed by atoms with Crippen molar-refractivity contribution in [3.8, 4) is 0 Å². The van der Waals surface area contributed by atoms with Crippen LogP contribution < -0.4 is 5.32 Å². The van der Waals surface area contributed by atoms with Gasteiger partial charge in [0.1, 0.15) is 5.82 Å². The van der Waals surface area contributed by atoms with Crippen LogP contribution in [0.3, 0.4) is 0 Å². The second-order valence-electron chi connectivity index (χ2n) is 4.94. The third-order valence-electron chi connectivity index (χ3n) is 3.46. The summed E-state index contributed by atoms with van der Waals surface area (Å²) in [6.07, 6.45) is -4.09. The molecule has 2 aromatic rings. The Bertz CT molecular complexity index is 677. The summed E-state index contributed by atoms with van der Waals surface area (Å²) in [6.45, 7) is 2.08. The van der Waals surface area contributed by atoms with Gasteiger partial charge in [-0.15, -0.1) is 5.10 Å². The molecule has 0 saturated heterocycles. The summed E-state index contributed by atoms with van der Waals surface area (Å²) in [5, 5.41) is 6.30. The molecule has 1 aromatic heterocycles. The van der Waals surface area contributed by atoms with Gasteiger partial charge < -0.3 is 5.32 Å². The maximum Gasteiger partial charge on any atom is 0.453 e. The second kappa shape index (κ2) is 4.71. The number of alkyl halides is 3. The summed E-state index contributed by atoms with van der Waals surface area (Å²) < 4.78 is 52.9. The molecular formula is C13H12F4N4. The number of aryl methyl sites for hydroxylation is 1. The zero-order valence-electron chi connectivity index (χ0n) is 11.1. The Hall–Kier alpha value is -2.12. The highest BCUT2D eigenvalue weighted by molar-refractivity contribution is 5.34. The summed E-state index contributed by atoms with van der Waals surface area (Å²) in [7, 11) is 0. The van der Waals surface area contributed by atoms with Gasteiger partial charge in [-0.2, -0.15) is 18.2 Å². The minimum absolute atomic E-state index is 0.0551. The molecule has 0 radical (unpaired) electrons. The number of aromatic nitrogens is 3. The third-order valence-corrected chi connectivity index (χ3v) is 3.46. The molecule has 0 spiro atoms. The summed E-state index contributed by atoms with van der Waals surface area (Å²) in [4.78, 5) is 3.46. The number of hydrogen-bond acceptors (Lipinski definition) is 3. The molecule has 8 heteroatoms. The van der Waals surface area contributed by atoms with Crippen LogP contribution in [0, 0.1) is 12.7 Å². The van der Waals surface area contributed by atoms with Crippen molar-refractivity contribution in [3.05, 3.63) is 41.0 Å². The van der Waals surface area contributed by atoms with Gasteiger partial charge in [0.2, 0.25) is 5.95 Å². The molecular weight excluding hydrogens is 288 g/mol. The Kier molecular flexibility index (Phi) is 3.11. The zero-order valence-corrected chi connectivity index (χ0v) is 11.1. The molecule has 0 amide bonds. The van der Waals surface area contributed by atoms with Crippen molar-refractivity contribution in [1.82, 2.24) is 14.8 Å². The summed E-state index contributed by atoms with van der Waals surface area (Å²) >= 11 is 0. The Balaban J connectivity index is 2.03. The molecule has 0 fully saturated rings. The fourth-order valence-electron chi connectivity index (χ4n) is 2.35. The van der Waals surface area contributed by atoms with Gasteiger partial charge in [-0.1, -0.05) is 12.1 Å². The molecule has 4 nitrogen and oxygen atoms in total. The normalized spacial score (nSPS) is 18.2. The lowest BCUT2D eigenvalue weighted by Crippen LogP contribution is -2.25. The molecule has 1 aromatic carbocycles. The van der Waals surface area contributed by atoms with Crippen LogP contribution in [-0.4, -0.2) is 21.3 Å². The van der Waals surface area contributed by atoms with Crippen LogP contribution in [0.15, 0.2) is 18.2 Å². The first-order chi connectivity index (χ1) is 9.86. The van der Waals surface area contributed by atoms with Gasteiger partial charge in [0, 0.05) is 6.54 Å². The van der Waals surface area contributed by atoms with Crippen LogP contribution in [0.1, 0.15) is 29.4 Å². The van der Waals surface area contributed by atoms with E-state index in [0.717, 1.165) is 0 Å². The van der Waals surface area contributed by atoms with E-state index in [2.05, 4.69) is 15.4 Å². The van der Waals surface area contributed by atoms with Gasteiger partial charge >= 0.3 is 6.18 Å². The van der Waals surface area contributed by atoms with E-state index in [9.17, 15) is 17.6 Å². The molecule has 3 rings (SSSR count). The lowest BCUT2D eigenvalue weighted by Gasteiger charge is -2.24. The van der Waals surface area contributed by atoms with Gasteiger partial charge in [0.15, 0.2) is 0 Å². The zero-order chi connectivity index (χ0) is 15.2. The molecule has 1 unspecified atom stereocenters. The van der Waals surface area contributed by atoms with Crippen LogP contribution in [0.4, 0.5) is 23.5 Å². The van der Waals surface area contributed by atoms with Gasteiger partial charge in [-0.3, -0.25) is 0 Å². The van der Waals surface area contributed by atoms with E-state index in [4.69, 9.17) is 0 Å². The van der Waals surface area contributed by atoms with Crippen molar-refractivity contribution < 1.29 is 17.6 Å². The largest absolute Gasteiger partial charge is 0.453 e. The van der Waals surface area contributed by atoms with E-state index in [1.54, 1.807) is 19.1 Å². The van der Waals surface area contributed by atoms with E-state index >= 15 is 0 Å². The third kappa shape index (κ3) is 2.45. The van der Waals surface area contributed by atoms with E-state index in [1.807, 2.05) is 0 Å². The van der Waals surface area contributed by atoms with E-state index < -0.39 is 18.0 Å². The topological polar surface area (TPSA) is 42.7 Å². The molecule has 1 N–H and O–H groups in total. The number of nitrogens with one attached hydrogen (secondary N) is 1. The van der Waals surface area contributed by atoms with Crippen LogP contribution >= 0.6 is 0 Å². The lowest BCUT2D eigenvalue weighted by molar-refractivity contribution is -0.145. The summed E-state index contributed by atoms with van der Waals surface area (Å²) in [6, 6.07) is 4.19. The van der Waals surface area contributed by atoms with E-state index in [0.29, 0.717) is 24.1 Å². The predicted octanol–water partition coefficient (Wildman–Crippen LogP) is 3.15. The average Bonchev–Trinajstić information content (AvgIpc) is 2.86. The molecule has 0 saturated carbocycles. The van der Waals surface area contributed by atoms with E-state index in [-0.39, 0.29) is 11.8 Å². The average molecular weight is 300 g/mol. The molecule has 1 aliphatic rings. The first-order valence-electron chi connectivity index (χ1n) is 6.40. The number of benzene rings is 1. The first-order valence-corrected chi connectivity index (χ1v) is 6.40. The predicted molar refractivity (Wildman–Crippen MR) is 67.4 cm³/mol. The maximum atomic E-state index is 13.7. The highest BCUT2D eigenvalue weighted by atomic mass is 19.4. The number of fused-ring (bicyclic) bond motifs is 1. The molecule has 0 aliphatic carbocycles. The highest BCUT2D eigenvalue weighted by Gasteiger charge is 2.38. The Morgan fingerprint density at radius 3 is 2.76 bits per heavy atom. The standard InChI is InChI=1S/C13H12F4N4/c1-7-2-3-8(6-9(7)14)10-4-5-18-12-19-11(13(15,16)17)20-21(10)12/h2-3,6,10H,4-5H2,1H3,(H,18,19,20). The molecule has 112 valence electrons. The van der Waals surface area contributed by atoms with Crippen LogP contribution in [0.5, 0.6) is 0 Å². The Morgan fingerprint density at radius 1 is 1.33 bits per heavy atom. The molecule has 0 bridgehead atoms. The van der Waals surface area contributed by atoms with Crippen molar-refractivity contribution >= 4 is 5.95 Å². The minimum atomic E-state index is -4.60. The number of rotatable bonds is 1. The Labute approximate surface area is 117 Å². The van der Waals surface area contributed by atoms with Crippen LogP contribution in [0.2, 0.25) is 0 Å². The molecule has 1 aliphatic heterocycles. The molecule has 21 heavy (non-hydrogen) atoms. The van der Waals surface area contributed by atoms with Crippen molar-refractivity contribution in [2.45, 2.75) is 25.6 Å². The number of hydrogen-bond donors (Lipinski definition) is 1. The Morgan fingerprint density at radius 2 is 2.10 bits per heavy atom. The van der Waals surface area contributed by atoms with Crippen molar-refractivity contribution in [1.29, 1.82) is 0 Å². The fraction of sp³-hybridized carbons (Fsp3) is 0.385. The summed E-state index contributed by atoms with van der Waals surface area (Å²) in [5.41, 5.74) is 1.07. The minimum Gasteiger partial charge on any atom is -0.354 e. The molecule has 1 atom stereocenters.